The van der Waals surface area contributed by atoms with E-state index in [1.54, 1.807) is 16.3 Å². The molecule has 0 saturated carbocycles. The van der Waals surface area contributed by atoms with Gasteiger partial charge in [0.15, 0.2) is 11.5 Å². The largest absolute Gasteiger partial charge is 0.442 e. The molecule has 1 aliphatic heterocycles. The zero-order valence-corrected chi connectivity index (χ0v) is 16.4. The molecule has 0 aliphatic carbocycles. The lowest BCUT2D eigenvalue weighted by Gasteiger charge is -2.41. The molecule has 0 unspecified atom stereocenters. The minimum atomic E-state index is -0.514. The summed E-state index contributed by atoms with van der Waals surface area (Å²) in [6.45, 7) is 6.70. The Hall–Kier alpha value is -3.57. The highest BCUT2D eigenvalue weighted by molar-refractivity contribution is 5.82. The second-order valence-electron chi connectivity index (χ2n) is 7.89. The van der Waals surface area contributed by atoms with Gasteiger partial charge in [0, 0.05) is 18.7 Å². The molecular formula is C17H20N8O4. The van der Waals surface area contributed by atoms with Crippen molar-refractivity contribution in [3.8, 4) is 0 Å². The van der Waals surface area contributed by atoms with Crippen LogP contribution in [0, 0.1) is 10.1 Å². The topological polar surface area (TPSA) is 132 Å². The molecule has 1 amide bonds. The Bertz CT molecular complexity index is 1120. The summed E-state index contributed by atoms with van der Waals surface area (Å²) in [7, 11) is 1.70. The highest BCUT2D eigenvalue weighted by atomic mass is 16.6. The van der Waals surface area contributed by atoms with Gasteiger partial charge in [-0.25, -0.2) is 14.8 Å². The van der Waals surface area contributed by atoms with E-state index in [4.69, 9.17) is 4.74 Å². The van der Waals surface area contributed by atoms with E-state index in [0.29, 0.717) is 35.7 Å². The van der Waals surface area contributed by atoms with Crippen molar-refractivity contribution in [3.63, 3.8) is 0 Å². The Balaban J connectivity index is 1.56. The van der Waals surface area contributed by atoms with Gasteiger partial charge in [0.05, 0.1) is 18.0 Å². The lowest BCUT2D eigenvalue weighted by atomic mass is 10.1. The van der Waals surface area contributed by atoms with Gasteiger partial charge in [-0.05, 0) is 20.8 Å². The molecule has 0 radical (unpaired) electrons. The summed E-state index contributed by atoms with van der Waals surface area (Å²) in [5.74, 6) is 0.535. The Labute approximate surface area is 165 Å². The first-order valence-corrected chi connectivity index (χ1v) is 8.98. The predicted molar refractivity (Wildman–Crippen MR) is 103 cm³/mol. The van der Waals surface area contributed by atoms with Crippen molar-refractivity contribution in [1.82, 2.24) is 29.5 Å². The van der Waals surface area contributed by atoms with E-state index in [9.17, 15) is 14.9 Å². The number of aromatic nitrogens is 5. The smallest absolute Gasteiger partial charge is 0.410 e. The van der Waals surface area contributed by atoms with E-state index in [0.717, 1.165) is 0 Å². The van der Waals surface area contributed by atoms with Crippen LogP contribution in [0.3, 0.4) is 0 Å². The number of carbonyl (C=O) groups excluding carboxylic acids is 1. The maximum Gasteiger partial charge on any atom is 0.410 e. The molecule has 4 heterocycles. The van der Waals surface area contributed by atoms with Crippen molar-refractivity contribution in [2.45, 2.75) is 32.4 Å². The Morgan fingerprint density at radius 3 is 2.76 bits per heavy atom. The van der Waals surface area contributed by atoms with Crippen molar-refractivity contribution in [1.29, 1.82) is 0 Å². The third-order valence-electron chi connectivity index (χ3n) is 4.96. The number of rotatable bonds is 3. The molecule has 12 heteroatoms. The molecule has 0 N–H and O–H groups in total. The molecule has 1 saturated heterocycles. The molecule has 0 atom stereocenters. The standard InChI is InChI=1S/C17H20N8O4/c1-17(2,3)22(4)16(26)29-11-7-23(8-11)14-15-21-19-9-24(15)12-5-10(25(27)28)6-18-13(12)20-14/h5-6,9,11H,7-8H2,1-4H3. The van der Waals surface area contributed by atoms with Gasteiger partial charge in [-0.1, -0.05) is 0 Å². The number of nitro groups is 1. The average Bonchev–Trinajstić information content (AvgIpc) is 3.12. The Morgan fingerprint density at radius 1 is 1.38 bits per heavy atom. The fourth-order valence-corrected chi connectivity index (χ4v) is 2.91. The molecule has 0 bridgehead atoms. The van der Waals surface area contributed by atoms with Crippen molar-refractivity contribution >= 4 is 34.4 Å². The zero-order valence-electron chi connectivity index (χ0n) is 16.4. The van der Waals surface area contributed by atoms with Crippen LogP contribution in [0.2, 0.25) is 0 Å². The number of carbonyl (C=O) groups is 1. The molecule has 3 aromatic heterocycles. The van der Waals surface area contributed by atoms with Crippen LogP contribution in [0.25, 0.3) is 16.8 Å². The van der Waals surface area contributed by atoms with Crippen LogP contribution in [0.1, 0.15) is 20.8 Å². The lowest BCUT2D eigenvalue weighted by molar-refractivity contribution is -0.385. The molecule has 29 heavy (non-hydrogen) atoms. The van der Waals surface area contributed by atoms with E-state index >= 15 is 0 Å². The van der Waals surface area contributed by atoms with Crippen LogP contribution in [-0.2, 0) is 4.74 Å². The summed E-state index contributed by atoms with van der Waals surface area (Å²) in [5.41, 5.74) is 0.768. The van der Waals surface area contributed by atoms with Gasteiger partial charge in [-0.2, -0.15) is 0 Å². The number of pyridine rings is 1. The highest BCUT2D eigenvalue weighted by Crippen LogP contribution is 2.28. The SMILES string of the molecule is CN(C(=O)OC1CN(c2nc3ncc([N+](=O)[O-])cc3n3cnnc23)C1)C(C)(C)C. The highest BCUT2D eigenvalue weighted by Gasteiger charge is 2.35. The quantitative estimate of drug-likeness (QED) is 0.475. The first-order chi connectivity index (χ1) is 13.6. The number of ether oxygens (including phenoxy) is 1. The number of fused-ring (bicyclic) bond motifs is 3. The van der Waals surface area contributed by atoms with Crippen LogP contribution in [0.15, 0.2) is 18.6 Å². The molecule has 0 aromatic carbocycles. The summed E-state index contributed by atoms with van der Waals surface area (Å²) in [4.78, 5) is 34.8. The minimum Gasteiger partial charge on any atom is -0.442 e. The molecule has 0 spiro atoms. The average molecular weight is 400 g/mol. The van der Waals surface area contributed by atoms with Crippen LogP contribution in [-0.4, -0.2) is 72.3 Å². The normalized spacial score (nSPS) is 14.8. The third kappa shape index (κ3) is 3.26. The Kier molecular flexibility index (Phi) is 4.21. The number of hydrogen-bond donors (Lipinski definition) is 0. The molecule has 152 valence electrons. The summed E-state index contributed by atoms with van der Waals surface area (Å²) >= 11 is 0. The van der Waals surface area contributed by atoms with Crippen LogP contribution < -0.4 is 4.90 Å². The van der Waals surface area contributed by atoms with E-state index in [1.165, 1.54) is 18.6 Å². The van der Waals surface area contributed by atoms with Gasteiger partial charge < -0.3 is 14.5 Å². The Morgan fingerprint density at radius 2 is 2.10 bits per heavy atom. The second-order valence-corrected chi connectivity index (χ2v) is 7.89. The van der Waals surface area contributed by atoms with Crippen molar-refractivity contribution in [2.24, 2.45) is 0 Å². The number of nitrogens with zero attached hydrogens (tertiary/aromatic N) is 8. The first-order valence-electron chi connectivity index (χ1n) is 8.98. The van der Waals surface area contributed by atoms with Crippen molar-refractivity contribution < 1.29 is 14.5 Å². The number of anilines is 1. The van der Waals surface area contributed by atoms with Gasteiger partial charge in [0.1, 0.15) is 24.1 Å². The van der Waals surface area contributed by atoms with Gasteiger partial charge in [0.25, 0.3) is 5.69 Å². The lowest BCUT2D eigenvalue weighted by Crippen LogP contribution is -2.55. The van der Waals surface area contributed by atoms with E-state index in [1.807, 2.05) is 25.7 Å². The van der Waals surface area contributed by atoms with Crippen LogP contribution >= 0.6 is 0 Å². The monoisotopic (exact) mass is 400 g/mol. The molecule has 1 aliphatic rings. The molecule has 3 aromatic rings. The molecular weight excluding hydrogens is 380 g/mol. The summed E-state index contributed by atoms with van der Waals surface area (Å²) in [5, 5.41) is 19.0. The summed E-state index contributed by atoms with van der Waals surface area (Å²) in [6.07, 6.45) is 1.98. The van der Waals surface area contributed by atoms with Gasteiger partial charge in [0.2, 0.25) is 5.65 Å². The van der Waals surface area contributed by atoms with Gasteiger partial charge >= 0.3 is 6.09 Å². The van der Waals surface area contributed by atoms with Crippen molar-refractivity contribution in [3.05, 3.63) is 28.7 Å². The van der Waals surface area contributed by atoms with E-state index < -0.39 is 4.92 Å². The third-order valence-corrected chi connectivity index (χ3v) is 4.96. The molecule has 4 rings (SSSR count). The van der Waals surface area contributed by atoms with Crippen LogP contribution in [0.5, 0.6) is 0 Å². The zero-order chi connectivity index (χ0) is 20.9. The number of amides is 1. The summed E-state index contributed by atoms with van der Waals surface area (Å²) < 4.78 is 7.15. The van der Waals surface area contributed by atoms with Crippen molar-refractivity contribution in [2.75, 3.05) is 25.0 Å². The van der Waals surface area contributed by atoms with Crippen LogP contribution in [0.4, 0.5) is 16.3 Å². The maximum absolute atomic E-state index is 12.2. The second kappa shape index (κ2) is 6.50. The molecule has 12 nitrogen and oxygen atoms in total. The van der Waals surface area contributed by atoms with E-state index in [-0.39, 0.29) is 23.4 Å². The predicted octanol–water partition coefficient (Wildman–Crippen LogP) is 1.64. The fraction of sp³-hybridized carbons (Fsp3) is 0.471. The van der Waals surface area contributed by atoms with E-state index in [2.05, 4.69) is 20.2 Å². The number of hydrogen-bond acceptors (Lipinski definition) is 9. The van der Waals surface area contributed by atoms with Gasteiger partial charge in [-0.3, -0.25) is 14.5 Å². The maximum atomic E-state index is 12.2. The minimum absolute atomic E-state index is 0.138. The van der Waals surface area contributed by atoms with Gasteiger partial charge in [-0.15, -0.1) is 10.2 Å². The first kappa shape index (κ1) is 18.8. The summed E-state index contributed by atoms with van der Waals surface area (Å²) in [6, 6.07) is 1.39. The fourth-order valence-electron chi connectivity index (χ4n) is 2.91. The molecule has 1 fully saturated rings.